The van der Waals surface area contributed by atoms with Crippen molar-refractivity contribution < 1.29 is 18.7 Å². The summed E-state index contributed by atoms with van der Waals surface area (Å²) in [6, 6.07) is 13.0. The second-order valence-corrected chi connectivity index (χ2v) is 6.05. The first-order valence-electron chi connectivity index (χ1n) is 7.65. The van der Waals surface area contributed by atoms with Crippen molar-refractivity contribution in [3.8, 4) is 23.0 Å². The van der Waals surface area contributed by atoms with Gasteiger partial charge in [-0.05, 0) is 42.5 Å². The molecule has 0 unspecified atom stereocenters. The number of halogens is 1. The minimum atomic E-state index is 0.0767. The highest BCUT2D eigenvalue weighted by Crippen LogP contribution is 2.27. The Morgan fingerprint density at radius 3 is 2.54 bits per heavy atom. The van der Waals surface area contributed by atoms with Gasteiger partial charge in [0.25, 0.3) is 5.89 Å². The zero-order valence-electron chi connectivity index (χ0n) is 14.2. The Balaban J connectivity index is 1.58. The van der Waals surface area contributed by atoms with E-state index in [9.17, 15) is 0 Å². The largest absolute Gasteiger partial charge is 0.493 e. The van der Waals surface area contributed by atoms with E-state index >= 15 is 0 Å². The topological polar surface area (TPSA) is 79.0 Å². The van der Waals surface area contributed by atoms with Gasteiger partial charge < -0.3 is 18.7 Å². The Hall–Kier alpha value is -2.87. The van der Waals surface area contributed by atoms with Gasteiger partial charge in [0.1, 0.15) is 0 Å². The van der Waals surface area contributed by atoms with Crippen molar-refractivity contribution in [2.24, 2.45) is 5.16 Å². The number of aromatic nitrogens is 2. The SMILES string of the molecule is COc1ccc(/C=N/OCc2nnc(-c3ccc(Br)cc3)o2)cc1OC. The Morgan fingerprint density at radius 2 is 1.81 bits per heavy atom. The summed E-state index contributed by atoms with van der Waals surface area (Å²) >= 11 is 3.38. The van der Waals surface area contributed by atoms with Gasteiger partial charge in [-0.1, -0.05) is 21.1 Å². The van der Waals surface area contributed by atoms with Crippen molar-refractivity contribution in [3.05, 3.63) is 58.4 Å². The summed E-state index contributed by atoms with van der Waals surface area (Å²) in [5.74, 6) is 2.04. The predicted molar refractivity (Wildman–Crippen MR) is 99.4 cm³/mol. The average molecular weight is 418 g/mol. The van der Waals surface area contributed by atoms with Gasteiger partial charge in [-0.3, -0.25) is 0 Å². The van der Waals surface area contributed by atoms with Crippen LogP contribution in [0.5, 0.6) is 11.5 Å². The molecule has 26 heavy (non-hydrogen) atoms. The number of rotatable bonds is 7. The predicted octanol–water partition coefficient (Wildman–Crippen LogP) is 4.07. The van der Waals surface area contributed by atoms with Crippen LogP contribution in [-0.4, -0.2) is 30.6 Å². The Bertz CT molecular complexity index is 894. The van der Waals surface area contributed by atoms with E-state index in [1.54, 1.807) is 32.6 Å². The van der Waals surface area contributed by atoms with Gasteiger partial charge in [-0.25, -0.2) is 0 Å². The molecule has 0 spiro atoms. The molecule has 0 amide bonds. The fourth-order valence-electron chi connectivity index (χ4n) is 2.14. The molecule has 0 saturated carbocycles. The molecule has 0 fully saturated rings. The number of hydrogen-bond donors (Lipinski definition) is 0. The number of oxime groups is 1. The maximum Gasteiger partial charge on any atom is 0.257 e. The number of hydrogen-bond acceptors (Lipinski definition) is 7. The molecule has 8 heteroatoms. The van der Waals surface area contributed by atoms with Crippen LogP contribution in [-0.2, 0) is 11.4 Å². The summed E-state index contributed by atoms with van der Waals surface area (Å²) in [5, 5.41) is 11.9. The molecule has 7 nitrogen and oxygen atoms in total. The molecule has 134 valence electrons. The molecule has 0 bridgehead atoms. The van der Waals surface area contributed by atoms with Crippen LogP contribution in [0.1, 0.15) is 11.5 Å². The van der Waals surface area contributed by atoms with E-state index < -0.39 is 0 Å². The monoisotopic (exact) mass is 417 g/mol. The fourth-order valence-corrected chi connectivity index (χ4v) is 2.41. The van der Waals surface area contributed by atoms with Gasteiger partial charge in [-0.15, -0.1) is 10.2 Å². The van der Waals surface area contributed by atoms with Gasteiger partial charge in [-0.2, -0.15) is 0 Å². The molecule has 0 radical (unpaired) electrons. The molecule has 0 N–H and O–H groups in total. The molecule has 1 heterocycles. The first kappa shape index (κ1) is 17.9. The molecule has 3 rings (SSSR count). The van der Waals surface area contributed by atoms with Crippen LogP contribution in [0.15, 0.2) is 56.5 Å². The zero-order valence-corrected chi connectivity index (χ0v) is 15.8. The van der Waals surface area contributed by atoms with Gasteiger partial charge in [0.2, 0.25) is 5.89 Å². The molecule has 0 aliphatic carbocycles. The van der Waals surface area contributed by atoms with Gasteiger partial charge in [0.15, 0.2) is 18.1 Å². The molecule has 0 atom stereocenters. The van der Waals surface area contributed by atoms with E-state index in [-0.39, 0.29) is 6.61 Å². The van der Waals surface area contributed by atoms with E-state index in [4.69, 9.17) is 18.7 Å². The first-order valence-corrected chi connectivity index (χ1v) is 8.44. The smallest absolute Gasteiger partial charge is 0.257 e. The van der Waals surface area contributed by atoms with E-state index in [1.165, 1.54) is 0 Å². The standard InChI is InChI=1S/C18H16BrN3O4/c1-23-15-8-3-12(9-16(15)24-2)10-20-25-11-17-21-22-18(26-17)13-4-6-14(19)7-5-13/h3-10H,11H2,1-2H3/b20-10+. The van der Waals surface area contributed by atoms with E-state index in [0.717, 1.165) is 15.6 Å². The summed E-state index contributed by atoms with van der Waals surface area (Å²) in [6.45, 7) is 0.0767. The van der Waals surface area contributed by atoms with Gasteiger partial charge >= 0.3 is 0 Å². The average Bonchev–Trinajstić information content (AvgIpc) is 3.14. The number of nitrogens with zero attached hydrogens (tertiary/aromatic N) is 3. The van der Waals surface area contributed by atoms with Crippen LogP contribution in [0.3, 0.4) is 0 Å². The van der Waals surface area contributed by atoms with E-state index in [0.29, 0.717) is 23.3 Å². The van der Waals surface area contributed by atoms with Crippen LogP contribution < -0.4 is 9.47 Å². The van der Waals surface area contributed by atoms with Crippen LogP contribution >= 0.6 is 15.9 Å². The molecule has 3 aromatic rings. The van der Waals surface area contributed by atoms with Crippen molar-refractivity contribution in [1.82, 2.24) is 10.2 Å². The minimum absolute atomic E-state index is 0.0767. The third-order valence-corrected chi connectivity index (χ3v) is 3.96. The fraction of sp³-hybridized carbons (Fsp3) is 0.167. The minimum Gasteiger partial charge on any atom is -0.493 e. The summed E-state index contributed by atoms with van der Waals surface area (Å²) in [4.78, 5) is 5.22. The van der Waals surface area contributed by atoms with Crippen LogP contribution in [0.2, 0.25) is 0 Å². The lowest BCUT2D eigenvalue weighted by Crippen LogP contribution is -1.93. The molecule has 2 aromatic carbocycles. The third-order valence-electron chi connectivity index (χ3n) is 3.43. The summed E-state index contributed by atoms with van der Waals surface area (Å²) < 4.78 is 17.0. The Labute approximate surface area is 158 Å². The van der Waals surface area contributed by atoms with Gasteiger partial charge in [0.05, 0.1) is 20.4 Å². The van der Waals surface area contributed by atoms with Crippen molar-refractivity contribution in [3.63, 3.8) is 0 Å². The molecule has 0 aliphatic heterocycles. The summed E-state index contributed by atoms with van der Waals surface area (Å²) in [7, 11) is 3.16. The van der Waals surface area contributed by atoms with Crippen LogP contribution in [0, 0.1) is 0 Å². The third kappa shape index (κ3) is 4.40. The molecule has 0 saturated heterocycles. The van der Waals surface area contributed by atoms with Crippen molar-refractivity contribution >= 4 is 22.1 Å². The van der Waals surface area contributed by atoms with Crippen molar-refractivity contribution in [2.45, 2.75) is 6.61 Å². The summed E-state index contributed by atoms with van der Waals surface area (Å²) in [5.41, 5.74) is 1.64. The first-order chi connectivity index (χ1) is 12.7. The number of ether oxygens (including phenoxy) is 2. The van der Waals surface area contributed by atoms with Crippen LogP contribution in [0.4, 0.5) is 0 Å². The highest BCUT2D eigenvalue weighted by Gasteiger charge is 2.08. The highest BCUT2D eigenvalue weighted by molar-refractivity contribution is 9.10. The maximum absolute atomic E-state index is 5.56. The quantitative estimate of drug-likeness (QED) is 0.425. The lowest BCUT2D eigenvalue weighted by molar-refractivity contribution is 0.112. The molecule has 0 aliphatic rings. The highest BCUT2D eigenvalue weighted by atomic mass is 79.9. The summed E-state index contributed by atoms with van der Waals surface area (Å²) in [6.07, 6.45) is 1.56. The molecular weight excluding hydrogens is 402 g/mol. The second-order valence-electron chi connectivity index (χ2n) is 5.13. The zero-order chi connectivity index (χ0) is 18.4. The lowest BCUT2D eigenvalue weighted by atomic mass is 10.2. The number of benzene rings is 2. The lowest BCUT2D eigenvalue weighted by Gasteiger charge is -2.07. The van der Waals surface area contributed by atoms with E-state index in [2.05, 4.69) is 31.3 Å². The molecule has 1 aromatic heterocycles. The maximum atomic E-state index is 5.56. The van der Waals surface area contributed by atoms with Crippen LogP contribution in [0.25, 0.3) is 11.5 Å². The number of methoxy groups -OCH3 is 2. The van der Waals surface area contributed by atoms with E-state index in [1.807, 2.05) is 30.3 Å². The van der Waals surface area contributed by atoms with Crippen molar-refractivity contribution in [1.29, 1.82) is 0 Å². The van der Waals surface area contributed by atoms with Gasteiger partial charge in [0, 0.05) is 15.6 Å². The molecular formula is C18H16BrN3O4. The Kier molecular flexibility index (Phi) is 5.85. The van der Waals surface area contributed by atoms with Crippen molar-refractivity contribution in [2.75, 3.05) is 14.2 Å². The normalized spacial score (nSPS) is 10.9. The Morgan fingerprint density at radius 1 is 1.04 bits per heavy atom. The second kappa shape index (κ2) is 8.48.